The molecule has 144 valence electrons. The Kier molecular flexibility index (Phi) is 4.23. The SMILES string of the molecule is CCC1NC2C=C(NC(=O)[C@@H]3C[C@H]3c3ccccc3)C(=O)C3CN=NCC1=C23. The number of Topliss-reactive ketones (excluding diaryl/α,β-unsaturated/α-hetero) is 1. The van der Waals surface area contributed by atoms with Gasteiger partial charge in [-0.1, -0.05) is 37.3 Å². The molecule has 0 spiro atoms. The molecule has 0 saturated heterocycles. The summed E-state index contributed by atoms with van der Waals surface area (Å²) >= 11 is 0. The number of rotatable bonds is 4. The summed E-state index contributed by atoms with van der Waals surface area (Å²) in [5.74, 6) is -0.199. The average molecular weight is 376 g/mol. The van der Waals surface area contributed by atoms with E-state index < -0.39 is 0 Å². The van der Waals surface area contributed by atoms with Gasteiger partial charge >= 0.3 is 0 Å². The molecule has 1 aromatic carbocycles. The lowest BCUT2D eigenvalue weighted by Gasteiger charge is -2.27. The minimum absolute atomic E-state index is 0.00873. The average Bonchev–Trinajstić information content (AvgIpc) is 3.48. The normalized spacial score (nSPS) is 33.2. The Morgan fingerprint density at radius 3 is 2.86 bits per heavy atom. The molecule has 1 aromatic rings. The fraction of sp³-hybridized carbons (Fsp3) is 0.455. The molecule has 6 nitrogen and oxygen atoms in total. The predicted octanol–water partition coefficient (Wildman–Crippen LogP) is 2.50. The fourth-order valence-electron chi connectivity index (χ4n) is 4.86. The largest absolute Gasteiger partial charge is 0.323 e. The Hall–Kier alpha value is -2.60. The summed E-state index contributed by atoms with van der Waals surface area (Å²) in [6.07, 6.45) is 3.68. The van der Waals surface area contributed by atoms with E-state index in [1.165, 1.54) is 11.1 Å². The highest BCUT2D eigenvalue weighted by Crippen LogP contribution is 2.47. The highest BCUT2D eigenvalue weighted by molar-refractivity contribution is 6.04. The summed E-state index contributed by atoms with van der Waals surface area (Å²) in [6.45, 7) is 3.07. The van der Waals surface area contributed by atoms with Gasteiger partial charge in [-0.3, -0.25) is 9.59 Å². The van der Waals surface area contributed by atoms with Crippen LogP contribution < -0.4 is 10.6 Å². The third kappa shape index (κ3) is 2.83. The molecular weight excluding hydrogens is 352 g/mol. The molecule has 1 amide bonds. The molecule has 2 heterocycles. The maximum absolute atomic E-state index is 13.1. The number of nitrogens with zero attached hydrogens (tertiary/aromatic N) is 2. The summed E-state index contributed by atoms with van der Waals surface area (Å²) in [5, 5.41) is 15.0. The highest BCUT2D eigenvalue weighted by atomic mass is 16.2. The van der Waals surface area contributed by atoms with Crippen molar-refractivity contribution >= 4 is 11.7 Å². The van der Waals surface area contributed by atoms with Gasteiger partial charge in [0.2, 0.25) is 5.91 Å². The molecule has 0 radical (unpaired) electrons. The summed E-state index contributed by atoms with van der Waals surface area (Å²) in [6, 6.07) is 10.3. The van der Waals surface area contributed by atoms with Crippen molar-refractivity contribution in [2.24, 2.45) is 22.1 Å². The summed E-state index contributed by atoms with van der Waals surface area (Å²) < 4.78 is 0. The Labute approximate surface area is 164 Å². The number of amides is 1. The van der Waals surface area contributed by atoms with E-state index in [-0.39, 0.29) is 41.5 Å². The molecule has 5 atom stereocenters. The van der Waals surface area contributed by atoms with E-state index in [1.807, 2.05) is 24.3 Å². The van der Waals surface area contributed by atoms with Crippen LogP contribution in [0.2, 0.25) is 0 Å². The van der Waals surface area contributed by atoms with Crippen LogP contribution in [-0.4, -0.2) is 36.9 Å². The van der Waals surface area contributed by atoms with Crippen LogP contribution in [0.25, 0.3) is 0 Å². The van der Waals surface area contributed by atoms with Crippen LogP contribution in [-0.2, 0) is 9.59 Å². The number of carbonyl (C=O) groups excluding carboxylic acids is 2. The van der Waals surface area contributed by atoms with Crippen LogP contribution in [0.3, 0.4) is 0 Å². The number of benzene rings is 1. The van der Waals surface area contributed by atoms with Crippen LogP contribution in [0.5, 0.6) is 0 Å². The van der Waals surface area contributed by atoms with Crippen molar-refractivity contribution in [1.82, 2.24) is 10.6 Å². The number of hydrogen-bond acceptors (Lipinski definition) is 5. The van der Waals surface area contributed by atoms with Crippen molar-refractivity contribution in [2.75, 3.05) is 13.1 Å². The van der Waals surface area contributed by atoms with Crippen molar-refractivity contribution in [3.8, 4) is 0 Å². The summed E-state index contributed by atoms with van der Waals surface area (Å²) in [4.78, 5) is 25.9. The lowest BCUT2D eigenvalue weighted by Crippen LogP contribution is -2.42. The molecule has 2 aliphatic carbocycles. The van der Waals surface area contributed by atoms with Crippen LogP contribution in [0.1, 0.15) is 31.2 Å². The highest BCUT2D eigenvalue weighted by Gasteiger charge is 2.47. The summed E-state index contributed by atoms with van der Waals surface area (Å²) in [7, 11) is 0. The van der Waals surface area contributed by atoms with Crippen molar-refractivity contribution in [3.63, 3.8) is 0 Å². The molecule has 2 N–H and O–H groups in total. The number of carbonyl (C=O) groups is 2. The maximum atomic E-state index is 13.1. The second-order valence-corrected chi connectivity index (χ2v) is 8.06. The van der Waals surface area contributed by atoms with E-state index in [1.54, 1.807) is 0 Å². The van der Waals surface area contributed by atoms with Crippen molar-refractivity contribution in [1.29, 1.82) is 0 Å². The van der Waals surface area contributed by atoms with E-state index in [0.717, 1.165) is 18.4 Å². The van der Waals surface area contributed by atoms with Gasteiger partial charge in [0.05, 0.1) is 30.7 Å². The first-order chi connectivity index (χ1) is 13.7. The Bertz CT molecular complexity index is 918. The third-order valence-corrected chi connectivity index (χ3v) is 6.42. The number of azo groups is 1. The van der Waals surface area contributed by atoms with Gasteiger partial charge < -0.3 is 10.6 Å². The molecular formula is C22H24N4O2. The standard InChI is InChI=1S/C22H24N4O2/c1-2-17-15-10-23-24-11-16-20(15)18(25-17)9-19(21(16)27)26-22(28)14-8-13(14)12-6-4-3-5-7-12/h3-7,9,13-14,16-18,25H,2,8,10-11H2,1H3,(H,26,28)/t13-,14+,16?,17?,18?/m0/s1. The molecule has 5 rings (SSSR count). The fourth-order valence-corrected chi connectivity index (χ4v) is 4.86. The smallest absolute Gasteiger partial charge is 0.228 e. The zero-order valence-electron chi connectivity index (χ0n) is 15.9. The van der Waals surface area contributed by atoms with Crippen molar-refractivity contribution < 1.29 is 9.59 Å². The Morgan fingerprint density at radius 1 is 1.25 bits per heavy atom. The van der Waals surface area contributed by atoms with Gasteiger partial charge in [0.1, 0.15) is 0 Å². The van der Waals surface area contributed by atoms with E-state index >= 15 is 0 Å². The molecule has 0 bridgehead atoms. The quantitative estimate of drug-likeness (QED) is 0.792. The van der Waals surface area contributed by atoms with Gasteiger partial charge in [-0.2, -0.15) is 10.2 Å². The lowest BCUT2D eigenvalue weighted by atomic mass is 9.81. The monoisotopic (exact) mass is 376 g/mol. The zero-order valence-corrected chi connectivity index (χ0v) is 15.9. The van der Waals surface area contributed by atoms with E-state index in [0.29, 0.717) is 18.8 Å². The van der Waals surface area contributed by atoms with Gasteiger partial charge in [-0.25, -0.2) is 0 Å². The molecule has 3 unspecified atom stereocenters. The minimum atomic E-state index is -0.306. The molecule has 2 aliphatic heterocycles. The second-order valence-electron chi connectivity index (χ2n) is 8.06. The van der Waals surface area contributed by atoms with E-state index in [4.69, 9.17) is 0 Å². The molecule has 6 heteroatoms. The Balaban J connectivity index is 1.36. The van der Waals surface area contributed by atoms with Crippen LogP contribution in [0.15, 0.2) is 63.5 Å². The van der Waals surface area contributed by atoms with Gasteiger partial charge in [0.15, 0.2) is 5.78 Å². The first kappa shape index (κ1) is 17.5. The van der Waals surface area contributed by atoms with Gasteiger partial charge in [-0.05, 0) is 41.5 Å². The molecule has 4 aliphatic rings. The number of nitrogens with one attached hydrogen (secondary N) is 2. The zero-order chi connectivity index (χ0) is 19.3. The maximum Gasteiger partial charge on any atom is 0.228 e. The number of ketones is 1. The van der Waals surface area contributed by atoms with Gasteiger partial charge in [-0.15, -0.1) is 0 Å². The van der Waals surface area contributed by atoms with E-state index in [9.17, 15) is 9.59 Å². The van der Waals surface area contributed by atoms with Crippen LogP contribution in [0.4, 0.5) is 0 Å². The van der Waals surface area contributed by atoms with Gasteiger partial charge in [0.25, 0.3) is 0 Å². The molecule has 1 saturated carbocycles. The first-order valence-electron chi connectivity index (χ1n) is 10.1. The lowest BCUT2D eigenvalue weighted by molar-refractivity contribution is -0.125. The van der Waals surface area contributed by atoms with E-state index in [2.05, 4.69) is 39.9 Å². The van der Waals surface area contributed by atoms with Gasteiger partial charge in [0, 0.05) is 12.0 Å². The minimum Gasteiger partial charge on any atom is -0.323 e. The topological polar surface area (TPSA) is 82.9 Å². The number of hydrogen-bond donors (Lipinski definition) is 2. The second kappa shape index (κ2) is 6.78. The molecule has 28 heavy (non-hydrogen) atoms. The first-order valence-corrected chi connectivity index (χ1v) is 10.1. The molecule has 1 fully saturated rings. The third-order valence-electron chi connectivity index (χ3n) is 6.42. The van der Waals surface area contributed by atoms with Crippen molar-refractivity contribution in [2.45, 2.75) is 37.8 Å². The van der Waals surface area contributed by atoms with Crippen LogP contribution >= 0.6 is 0 Å². The van der Waals surface area contributed by atoms with Crippen molar-refractivity contribution in [3.05, 3.63) is 58.8 Å². The Morgan fingerprint density at radius 2 is 2.07 bits per heavy atom. The molecule has 0 aromatic heterocycles. The summed E-state index contributed by atoms with van der Waals surface area (Å²) in [5.41, 5.74) is 3.95. The number of allylic oxidation sites excluding steroid dienone is 1. The predicted molar refractivity (Wildman–Crippen MR) is 105 cm³/mol. The van der Waals surface area contributed by atoms with Crippen LogP contribution in [0, 0.1) is 11.8 Å².